The van der Waals surface area contributed by atoms with E-state index in [-0.39, 0.29) is 10.6 Å². The van der Waals surface area contributed by atoms with Gasteiger partial charge < -0.3 is 9.79 Å². The Morgan fingerprint density at radius 3 is 1.32 bits per heavy atom. The van der Waals surface area contributed by atoms with E-state index >= 15 is 0 Å². The van der Waals surface area contributed by atoms with Crippen molar-refractivity contribution in [3.8, 4) is 0 Å². The molecule has 2 atom stereocenters. The third-order valence-electron chi connectivity index (χ3n) is 2.70. The summed E-state index contributed by atoms with van der Waals surface area (Å²) in [7, 11) is -7.69. The summed E-state index contributed by atoms with van der Waals surface area (Å²) in [4.78, 5) is 20.0. The van der Waals surface area contributed by atoms with Crippen molar-refractivity contribution in [2.24, 2.45) is 0 Å². The SMILES string of the molecule is O=P(O)(CP(=O)(O)c1ccccc1)c1ccccc1. The summed E-state index contributed by atoms with van der Waals surface area (Å²) in [5.41, 5.74) is 0. The fourth-order valence-electron chi connectivity index (χ4n) is 1.74. The summed E-state index contributed by atoms with van der Waals surface area (Å²) < 4.78 is 24.5. The van der Waals surface area contributed by atoms with Gasteiger partial charge in [0.25, 0.3) is 0 Å². The molecule has 2 aromatic rings. The van der Waals surface area contributed by atoms with E-state index in [4.69, 9.17) is 0 Å². The van der Waals surface area contributed by atoms with E-state index in [1.165, 1.54) is 24.3 Å². The van der Waals surface area contributed by atoms with Crippen molar-refractivity contribution in [1.29, 1.82) is 0 Å². The van der Waals surface area contributed by atoms with E-state index in [1.54, 1.807) is 36.4 Å². The van der Waals surface area contributed by atoms with Gasteiger partial charge in [0.1, 0.15) is 5.90 Å². The highest BCUT2D eigenvalue weighted by Gasteiger charge is 2.33. The van der Waals surface area contributed by atoms with Crippen LogP contribution in [-0.2, 0) is 9.13 Å². The van der Waals surface area contributed by atoms with E-state index in [0.717, 1.165) is 0 Å². The molecule has 2 unspecified atom stereocenters. The molecule has 2 rings (SSSR count). The van der Waals surface area contributed by atoms with E-state index in [0.29, 0.717) is 0 Å². The molecule has 2 aromatic carbocycles. The Hall–Kier alpha value is -1.18. The van der Waals surface area contributed by atoms with Gasteiger partial charge in [-0.25, -0.2) is 0 Å². The summed E-state index contributed by atoms with van der Waals surface area (Å²) in [5, 5.41) is 0.389. The predicted octanol–water partition coefficient (Wildman–Crippen LogP) is 2.14. The average Bonchev–Trinajstić information content (AvgIpc) is 2.40. The van der Waals surface area contributed by atoms with Crippen LogP contribution in [0.15, 0.2) is 60.7 Å². The first-order valence-corrected chi connectivity index (χ1v) is 9.36. The van der Waals surface area contributed by atoms with E-state index in [9.17, 15) is 18.9 Å². The first-order chi connectivity index (χ1) is 8.92. The highest BCUT2D eigenvalue weighted by Crippen LogP contribution is 2.55. The maximum atomic E-state index is 12.2. The Morgan fingerprint density at radius 1 is 0.684 bits per heavy atom. The largest absolute Gasteiger partial charge is 0.341 e. The molecule has 19 heavy (non-hydrogen) atoms. The Kier molecular flexibility index (Phi) is 4.07. The van der Waals surface area contributed by atoms with E-state index < -0.39 is 20.6 Å². The molecule has 0 saturated heterocycles. The van der Waals surface area contributed by atoms with Crippen molar-refractivity contribution in [3.05, 3.63) is 60.7 Å². The van der Waals surface area contributed by atoms with Crippen LogP contribution in [0.1, 0.15) is 0 Å². The predicted molar refractivity (Wildman–Crippen MR) is 76.7 cm³/mol. The Morgan fingerprint density at radius 2 is 1.00 bits per heavy atom. The molecule has 0 amide bonds. The van der Waals surface area contributed by atoms with E-state index in [1.807, 2.05) is 0 Å². The number of rotatable bonds is 4. The summed E-state index contributed by atoms with van der Waals surface area (Å²) in [6.45, 7) is 0. The van der Waals surface area contributed by atoms with Gasteiger partial charge >= 0.3 is 0 Å². The lowest BCUT2D eigenvalue weighted by Crippen LogP contribution is -2.12. The van der Waals surface area contributed by atoms with Crippen molar-refractivity contribution in [1.82, 2.24) is 0 Å². The van der Waals surface area contributed by atoms with Gasteiger partial charge in [0.15, 0.2) is 0 Å². The summed E-state index contributed by atoms with van der Waals surface area (Å²) in [6.07, 6.45) is 0. The number of hydrogen-bond donors (Lipinski definition) is 2. The molecule has 0 heterocycles. The second-order valence-electron chi connectivity index (χ2n) is 4.22. The molecule has 100 valence electrons. The fraction of sp³-hybridized carbons (Fsp3) is 0.0769. The van der Waals surface area contributed by atoms with Crippen molar-refractivity contribution < 1.29 is 18.9 Å². The minimum atomic E-state index is -3.84. The Labute approximate surface area is 111 Å². The molecule has 0 aliphatic heterocycles. The van der Waals surface area contributed by atoms with Crippen molar-refractivity contribution in [3.63, 3.8) is 0 Å². The van der Waals surface area contributed by atoms with Crippen LogP contribution in [0.3, 0.4) is 0 Å². The highest BCUT2D eigenvalue weighted by molar-refractivity contribution is 7.82. The molecule has 0 bridgehead atoms. The minimum absolute atomic E-state index is 0.195. The summed E-state index contributed by atoms with van der Waals surface area (Å²) in [5.74, 6) is -0.645. The van der Waals surface area contributed by atoms with Gasteiger partial charge in [-0.3, -0.25) is 9.13 Å². The van der Waals surface area contributed by atoms with Gasteiger partial charge in [-0.1, -0.05) is 36.4 Å². The monoisotopic (exact) mass is 296 g/mol. The van der Waals surface area contributed by atoms with Crippen LogP contribution in [-0.4, -0.2) is 15.7 Å². The molecule has 0 aliphatic rings. The van der Waals surface area contributed by atoms with Crippen molar-refractivity contribution >= 4 is 25.3 Å². The lowest BCUT2D eigenvalue weighted by atomic mass is 10.4. The van der Waals surface area contributed by atoms with Crippen molar-refractivity contribution in [2.45, 2.75) is 0 Å². The molecular weight excluding hydrogens is 282 g/mol. The molecule has 0 aromatic heterocycles. The molecular formula is C13H14O4P2. The van der Waals surface area contributed by atoms with Crippen LogP contribution in [0, 0.1) is 0 Å². The molecule has 2 N–H and O–H groups in total. The second kappa shape index (κ2) is 5.44. The van der Waals surface area contributed by atoms with Crippen LogP contribution < -0.4 is 10.6 Å². The first kappa shape index (κ1) is 14.2. The highest BCUT2D eigenvalue weighted by atomic mass is 31.2. The zero-order valence-corrected chi connectivity index (χ0v) is 11.9. The number of hydrogen-bond acceptors (Lipinski definition) is 2. The molecule has 0 saturated carbocycles. The second-order valence-corrected chi connectivity index (χ2v) is 9.19. The molecule has 0 fully saturated rings. The van der Waals surface area contributed by atoms with Crippen LogP contribution in [0.2, 0.25) is 0 Å². The topological polar surface area (TPSA) is 74.6 Å². The third kappa shape index (κ3) is 3.43. The first-order valence-electron chi connectivity index (χ1n) is 5.67. The standard InChI is InChI=1S/C13H14O4P2/c14-18(15,12-7-3-1-4-8-12)11-19(16,17)13-9-5-2-6-10-13/h1-10H,11H2,(H,14,15)(H,16,17). The maximum Gasteiger partial charge on any atom is 0.239 e. The smallest absolute Gasteiger partial charge is 0.239 e. The fourth-order valence-corrected chi connectivity index (χ4v) is 6.41. The normalized spacial score (nSPS) is 17.4. The summed E-state index contributed by atoms with van der Waals surface area (Å²) >= 11 is 0. The Balaban J connectivity index is 2.31. The third-order valence-corrected chi connectivity index (χ3v) is 7.98. The van der Waals surface area contributed by atoms with Gasteiger partial charge in [-0.2, -0.15) is 0 Å². The quantitative estimate of drug-likeness (QED) is 0.848. The number of benzene rings is 2. The van der Waals surface area contributed by atoms with Gasteiger partial charge in [0.2, 0.25) is 14.7 Å². The van der Waals surface area contributed by atoms with Gasteiger partial charge in [0.05, 0.1) is 0 Å². The van der Waals surface area contributed by atoms with Gasteiger partial charge in [-0.05, 0) is 24.3 Å². The van der Waals surface area contributed by atoms with Crippen molar-refractivity contribution in [2.75, 3.05) is 5.90 Å². The van der Waals surface area contributed by atoms with Crippen LogP contribution in [0.25, 0.3) is 0 Å². The minimum Gasteiger partial charge on any atom is -0.341 e. The summed E-state index contributed by atoms with van der Waals surface area (Å²) in [6, 6.07) is 15.9. The van der Waals surface area contributed by atoms with Crippen LogP contribution in [0.5, 0.6) is 0 Å². The molecule has 4 nitrogen and oxygen atoms in total. The molecule has 0 radical (unpaired) electrons. The lowest BCUT2D eigenvalue weighted by Gasteiger charge is -2.16. The zero-order chi connectivity index (χ0) is 13.9. The van der Waals surface area contributed by atoms with Crippen LogP contribution >= 0.6 is 14.7 Å². The van der Waals surface area contributed by atoms with Gasteiger partial charge in [0, 0.05) is 10.6 Å². The molecule has 6 heteroatoms. The molecule has 0 spiro atoms. The van der Waals surface area contributed by atoms with Gasteiger partial charge in [-0.15, -0.1) is 0 Å². The Bertz CT molecular complexity index is 583. The van der Waals surface area contributed by atoms with Crippen LogP contribution in [0.4, 0.5) is 0 Å². The average molecular weight is 296 g/mol. The maximum absolute atomic E-state index is 12.2. The lowest BCUT2D eigenvalue weighted by molar-refractivity contribution is 0.478. The van der Waals surface area contributed by atoms with E-state index in [2.05, 4.69) is 0 Å². The zero-order valence-electron chi connectivity index (χ0n) is 10.1. The molecule has 0 aliphatic carbocycles.